The van der Waals surface area contributed by atoms with Crippen molar-refractivity contribution < 1.29 is 29.3 Å². The van der Waals surface area contributed by atoms with Gasteiger partial charge >= 0.3 is 12.1 Å². The first-order valence-corrected chi connectivity index (χ1v) is 8.55. The van der Waals surface area contributed by atoms with Crippen molar-refractivity contribution in [2.45, 2.75) is 31.6 Å². The zero-order chi connectivity index (χ0) is 19.5. The molecule has 0 fully saturated rings. The number of hydrogen-bond donors (Lipinski definition) is 4. The average molecular weight is 429 g/mol. The first-order chi connectivity index (χ1) is 12.3. The lowest BCUT2D eigenvalue weighted by Gasteiger charge is -2.16. The molecule has 0 spiro atoms. The van der Waals surface area contributed by atoms with Crippen LogP contribution in [0.5, 0.6) is 0 Å². The highest BCUT2D eigenvalue weighted by Gasteiger charge is 2.22. The van der Waals surface area contributed by atoms with E-state index in [0.717, 1.165) is 5.56 Å². The Morgan fingerprint density at radius 3 is 2.42 bits per heavy atom. The van der Waals surface area contributed by atoms with Crippen molar-refractivity contribution in [3.8, 4) is 0 Å². The smallest absolute Gasteiger partial charge is 0.407 e. The summed E-state index contributed by atoms with van der Waals surface area (Å²) in [5.74, 6) is -1.87. The fraction of sp³-hybridized carbons (Fsp3) is 0.353. The number of hydrogen-bond acceptors (Lipinski definition) is 5. The summed E-state index contributed by atoms with van der Waals surface area (Å²) in [6.45, 7) is 3.40. The van der Waals surface area contributed by atoms with Crippen LogP contribution in [0.2, 0.25) is 0 Å². The average Bonchev–Trinajstić information content (AvgIpc) is 2.58. The second kappa shape index (κ2) is 11.3. The number of aliphatic carboxylic acids is 1. The van der Waals surface area contributed by atoms with Crippen molar-refractivity contribution in [3.05, 3.63) is 47.0 Å². The Kier molecular flexibility index (Phi) is 9.38. The van der Waals surface area contributed by atoms with Crippen LogP contribution < -0.4 is 10.6 Å². The van der Waals surface area contributed by atoms with Gasteiger partial charge in [-0.15, -0.1) is 0 Å². The molecule has 2 atom stereocenters. The van der Waals surface area contributed by atoms with Crippen molar-refractivity contribution in [1.29, 1.82) is 0 Å². The molecule has 0 heterocycles. The predicted molar refractivity (Wildman–Crippen MR) is 97.5 cm³/mol. The summed E-state index contributed by atoms with van der Waals surface area (Å²) in [5.41, 5.74) is 0.815. The molecular formula is C17H21BrN2O6. The summed E-state index contributed by atoms with van der Waals surface area (Å²) >= 11 is 3.04. The van der Waals surface area contributed by atoms with Gasteiger partial charge in [0.05, 0.1) is 12.5 Å². The summed E-state index contributed by atoms with van der Waals surface area (Å²) in [5, 5.41) is 23.4. The third-order valence-electron chi connectivity index (χ3n) is 3.17. The number of halogens is 1. The lowest BCUT2D eigenvalue weighted by Crippen LogP contribution is -2.43. The zero-order valence-electron chi connectivity index (χ0n) is 14.0. The van der Waals surface area contributed by atoms with Crippen LogP contribution in [0.4, 0.5) is 4.79 Å². The van der Waals surface area contributed by atoms with Crippen LogP contribution in [-0.4, -0.2) is 46.9 Å². The van der Waals surface area contributed by atoms with Gasteiger partial charge in [0.25, 0.3) is 0 Å². The minimum absolute atomic E-state index is 0.0151. The minimum atomic E-state index is -1.21. The van der Waals surface area contributed by atoms with E-state index in [4.69, 9.17) is 9.84 Å². The van der Waals surface area contributed by atoms with Crippen LogP contribution in [0.25, 0.3) is 0 Å². The SMILES string of the molecule is C=C(Br)C[C@H](NC(=O)C[C@H](O)CNC(=O)OCc1ccccc1)C(=O)O. The Morgan fingerprint density at radius 2 is 1.85 bits per heavy atom. The number of alkyl carbamates (subject to hydrolysis) is 1. The molecule has 9 heteroatoms. The second-order valence-corrected chi connectivity index (χ2v) is 6.60. The summed E-state index contributed by atoms with van der Waals surface area (Å²) in [6, 6.07) is 7.92. The monoisotopic (exact) mass is 428 g/mol. The number of aliphatic hydroxyl groups is 1. The number of ether oxygens (including phenoxy) is 1. The van der Waals surface area contributed by atoms with Crippen molar-refractivity contribution in [3.63, 3.8) is 0 Å². The Balaban J connectivity index is 2.30. The quantitative estimate of drug-likeness (QED) is 0.447. The van der Waals surface area contributed by atoms with E-state index in [1.807, 2.05) is 18.2 Å². The van der Waals surface area contributed by atoms with Crippen LogP contribution in [0, 0.1) is 0 Å². The van der Waals surface area contributed by atoms with E-state index < -0.39 is 30.1 Å². The number of carboxylic acids is 1. The largest absolute Gasteiger partial charge is 0.480 e. The number of carboxylic acid groups (broad SMARTS) is 1. The van der Waals surface area contributed by atoms with Crippen LogP contribution in [-0.2, 0) is 20.9 Å². The molecule has 0 saturated carbocycles. The maximum absolute atomic E-state index is 11.8. The summed E-state index contributed by atoms with van der Waals surface area (Å²) in [7, 11) is 0. The third kappa shape index (κ3) is 9.19. The number of nitrogens with one attached hydrogen (secondary N) is 2. The Bertz CT molecular complexity index is 637. The third-order valence-corrected chi connectivity index (χ3v) is 3.50. The molecule has 1 aromatic rings. The van der Waals surface area contributed by atoms with Crippen molar-refractivity contribution in [2.24, 2.45) is 0 Å². The first-order valence-electron chi connectivity index (χ1n) is 7.76. The summed E-state index contributed by atoms with van der Waals surface area (Å²) in [6.07, 6.45) is -2.26. The van der Waals surface area contributed by atoms with Crippen molar-refractivity contribution in [1.82, 2.24) is 10.6 Å². The Labute approximate surface area is 159 Å². The van der Waals surface area contributed by atoms with Gasteiger partial charge < -0.3 is 25.6 Å². The maximum atomic E-state index is 11.8. The van der Waals surface area contributed by atoms with E-state index in [9.17, 15) is 19.5 Å². The number of carbonyl (C=O) groups is 3. The van der Waals surface area contributed by atoms with Crippen molar-refractivity contribution >= 4 is 33.9 Å². The maximum Gasteiger partial charge on any atom is 0.407 e. The molecule has 0 bridgehead atoms. The van der Waals surface area contributed by atoms with E-state index in [2.05, 4.69) is 33.1 Å². The molecule has 26 heavy (non-hydrogen) atoms. The Morgan fingerprint density at radius 1 is 1.19 bits per heavy atom. The lowest BCUT2D eigenvalue weighted by molar-refractivity contribution is -0.142. The predicted octanol–water partition coefficient (Wildman–Crippen LogP) is 1.53. The van der Waals surface area contributed by atoms with Gasteiger partial charge in [0.1, 0.15) is 12.6 Å². The van der Waals surface area contributed by atoms with Gasteiger partial charge in [0, 0.05) is 13.0 Å². The molecule has 1 aromatic carbocycles. The van der Waals surface area contributed by atoms with Gasteiger partial charge in [-0.3, -0.25) is 4.79 Å². The molecule has 8 nitrogen and oxygen atoms in total. The van der Waals surface area contributed by atoms with Crippen LogP contribution >= 0.6 is 15.9 Å². The minimum Gasteiger partial charge on any atom is -0.480 e. The van der Waals surface area contributed by atoms with Gasteiger partial charge in [-0.25, -0.2) is 9.59 Å². The van der Waals surface area contributed by atoms with E-state index in [-0.39, 0.29) is 26.0 Å². The fourth-order valence-electron chi connectivity index (χ4n) is 1.94. The Hall–Kier alpha value is -2.39. The topological polar surface area (TPSA) is 125 Å². The fourth-order valence-corrected chi connectivity index (χ4v) is 2.26. The molecule has 1 rings (SSSR count). The highest BCUT2D eigenvalue weighted by atomic mass is 79.9. The molecule has 0 saturated heterocycles. The molecular weight excluding hydrogens is 408 g/mol. The molecule has 0 unspecified atom stereocenters. The summed E-state index contributed by atoms with van der Waals surface area (Å²) < 4.78 is 5.39. The van der Waals surface area contributed by atoms with E-state index in [0.29, 0.717) is 4.48 Å². The lowest BCUT2D eigenvalue weighted by atomic mass is 10.2. The van der Waals surface area contributed by atoms with Gasteiger partial charge in [-0.2, -0.15) is 0 Å². The van der Waals surface area contributed by atoms with E-state index >= 15 is 0 Å². The van der Waals surface area contributed by atoms with Gasteiger partial charge in [0.15, 0.2) is 0 Å². The first kappa shape index (κ1) is 21.7. The number of rotatable bonds is 10. The van der Waals surface area contributed by atoms with Gasteiger partial charge in [-0.1, -0.05) is 52.8 Å². The van der Waals surface area contributed by atoms with Crippen LogP contribution in [0.15, 0.2) is 41.4 Å². The molecule has 4 N–H and O–H groups in total. The van der Waals surface area contributed by atoms with Crippen molar-refractivity contribution in [2.75, 3.05) is 6.54 Å². The molecule has 2 amide bonds. The summed E-state index contributed by atoms with van der Waals surface area (Å²) in [4.78, 5) is 34.4. The highest BCUT2D eigenvalue weighted by molar-refractivity contribution is 9.11. The van der Waals surface area contributed by atoms with E-state index in [1.165, 1.54) is 0 Å². The molecule has 0 aromatic heterocycles. The number of aliphatic hydroxyl groups excluding tert-OH is 1. The number of benzene rings is 1. The second-order valence-electron chi connectivity index (χ2n) is 5.48. The van der Waals surface area contributed by atoms with E-state index in [1.54, 1.807) is 12.1 Å². The molecule has 142 valence electrons. The van der Waals surface area contributed by atoms with Gasteiger partial charge in [0.2, 0.25) is 5.91 Å². The zero-order valence-corrected chi connectivity index (χ0v) is 15.6. The van der Waals surface area contributed by atoms with Crippen LogP contribution in [0.3, 0.4) is 0 Å². The standard InChI is InChI=1S/C17H21BrN2O6/c1-11(18)7-14(16(23)24)20-15(22)8-13(21)9-19-17(25)26-10-12-5-3-2-4-6-12/h2-6,13-14,21H,1,7-10H2,(H,19,25)(H,20,22)(H,23,24)/t13-,14-/m0/s1. The molecule has 0 aliphatic heterocycles. The highest BCUT2D eigenvalue weighted by Crippen LogP contribution is 2.10. The number of carbonyl (C=O) groups excluding carboxylic acids is 2. The molecule has 0 aliphatic rings. The number of amides is 2. The van der Waals surface area contributed by atoms with Crippen LogP contribution in [0.1, 0.15) is 18.4 Å². The van der Waals surface area contributed by atoms with Gasteiger partial charge in [-0.05, 0) is 10.0 Å². The normalized spacial score (nSPS) is 12.5. The molecule has 0 aliphatic carbocycles. The molecule has 0 radical (unpaired) electrons.